The second-order valence-electron chi connectivity index (χ2n) is 3.07. The van der Waals surface area contributed by atoms with Gasteiger partial charge < -0.3 is 4.52 Å². The summed E-state index contributed by atoms with van der Waals surface area (Å²) in [5, 5.41) is -0.325. The predicted octanol–water partition coefficient (Wildman–Crippen LogP) is 3.35. The molecule has 12 heavy (non-hydrogen) atoms. The highest BCUT2D eigenvalue weighted by Crippen LogP contribution is 2.58. The van der Waals surface area contributed by atoms with Gasteiger partial charge in [0.25, 0.3) is 0 Å². The summed E-state index contributed by atoms with van der Waals surface area (Å²) in [7, 11) is -2.80. The molecule has 72 valence electrons. The quantitative estimate of drug-likeness (QED) is 0.521. The first-order valence-electron chi connectivity index (χ1n) is 4.07. The topological polar surface area (TPSA) is 26.3 Å². The van der Waals surface area contributed by atoms with Crippen LogP contribution in [0.2, 0.25) is 0 Å². The van der Waals surface area contributed by atoms with Crippen LogP contribution in [0.3, 0.4) is 0 Å². The maximum Gasteiger partial charge on any atom is 0.371 e. The van der Waals surface area contributed by atoms with Crippen LogP contribution in [0.1, 0.15) is 25.7 Å². The zero-order valence-corrected chi connectivity index (χ0v) is 8.65. The maximum atomic E-state index is 13.2. The number of alkyl halides is 1. The Kier molecular flexibility index (Phi) is 3.57. The molecule has 0 saturated heterocycles. The third kappa shape index (κ3) is 2.21. The van der Waals surface area contributed by atoms with Crippen LogP contribution in [-0.2, 0) is 9.09 Å². The minimum atomic E-state index is -3.94. The van der Waals surface area contributed by atoms with E-state index in [1.807, 2.05) is 0 Å². The Balaban J connectivity index is 2.65. The van der Waals surface area contributed by atoms with Gasteiger partial charge in [0, 0.05) is 12.5 Å². The number of hydrogen-bond donors (Lipinski definition) is 0. The predicted molar refractivity (Wildman–Crippen MR) is 47.6 cm³/mol. The van der Waals surface area contributed by atoms with Crippen molar-refractivity contribution in [2.24, 2.45) is 0 Å². The van der Waals surface area contributed by atoms with E-state index < -0.39 is 13.3 Å². The molecule has 0 N–H and O–H groups in total. The SMILES string of the molecule is COP(=O)(F)C1CCCCC1Cl. The number of hydrogen-bond acceptors (Lipinski definition) is 2. The fraction of sp³-hybridized carbons (Fsp3) is 1.00. The molecule has 0 amide bonds. The Morgan fingerprint density at radius 3 is 2.58 bits per heavy atom. The van der Waals surface area contributed by atoms with E-state index in [9.17, 15) is 8.76 Å². The molecule has 0 spiro atoms. The molecular formula is C7H13ClFO2P. The van der Waals surface area contributed by atoms with Crippen molar-refractivity contribution in [2.45, 2.75) is 36.7 Å². The van der Waals surface area contributed by atoms with E-state index in [0.717, 1.165) is 26.4 Å². The van der Waals surface area contributed by atoms with Crippen LogP contribution >= 0.6 is 19.3 Å². The van der Waals surface area contributed by atoms with Gasteiger partial charge in [-0.25, -0.2) is 0 Å². The van der Waals surface area contributed by atoms with Gasteiger partial charge in [-0.1, -0.05) is 12.8 Å². The highest BCUT2D eigenvalue weighted by atomic mass is 35.5. The summed E-state index contributed by atoms with van der Waals surface area (Å²) < 4.78 is 28.7. The monoisotopic (exact) mass is 214 g/mol. The van der Waals surface area contributed by atoms with Crippen molar-refractivity contribution in [1.29, 1.82) is 0 Å². The Morgan fingerprint density at radius 2 is 2.08 bits per heavy atom. The summed E-state index contributed by atoms with van der Waals surface area (Å²) in [4.78, 5) is 0. The highest BCUT2D eigenvalue weighted by Gasteiger charge is 2.40. The minimum Gasteiger partial charge on any atom is -0.309 e. The molecule has 0 radical (unpaired) electrons. The minimum absolute atomic E-state index is 0.325. The molecule has 5 heteroatoms. The first kappa shape index (κ1) is 10.5. The molecule has 1 aliphatic rings. The molecule has 3 unspecified atom stereocenters. The third-order valence-corrected chi connectivity index (χ3v) is 4.90. The molecule has 0 aromatic rings. The summed E-state index contributed by atoms with van der Waals surface area (Å²) >= 11 is 5.85. The summed E-state index contributed by atoms with van der Waals surface area (Å²) in [6, 6.07) is 0. The second-order valence-corrected chi connectivity index (χ2v) is 5.70. The van der Waals surface area contributed by atoms with E-state index >= 15 is 0 Å². The lowest BCUT2D eigenvalue weighted by atomic mass is 10.00. The van der Waals surface area contributed by atoms with Crippen molar-refractivity contribution in [3.05, 3.63) is 0 Å². The molecule has 0 heterocycles. The Morgan fingerprint density at radius 1 is 1.50 bits per heavy atom. The van der Waals surface area contributed by atoms with Gasteiger partial charge >= 0.3 is 7.68 Å². The molecule has 1 fully saturated rings. The van der Waals surface area contributed by atoms with E-state index in [1.165, 1.54) is 0 Å². The van der Waals surface area contributed by atoms with Crippen molar-refractivity contribution < 1.29 is 13.3 Å². The van der Waals surface area contributed by atoms with E-state index in [-0.39, 0.29) is 5.38 Å². The lowest BCUT2D eigenvalue weighted by Gasteiger charge is -2.27. The fourth-order valence-corrected chi connectivity index (χ4v) is 3.53. The van der Waals surface area contributed by atoms with Gasteiger partial charge in [-0.3, -0.25) is 4.57 Å². The van der Waals surface area contributed by atoms with Crippen molar-refractivity contribution >= 4 is 19.3 Å². The van der Waals surface area contributed by atoms with Crippen molar-refractivity contribution in [3.8, 4) is 0 Å². The zero-order chi connectivity index (χ0) is 9.19. The summed E-state index contributed by atoms with van der Waals surface area (Å²) in [6.45, 7) is 0. The van der Waals surface area contributed by atoms with E-state index in [4.69, 9.17) is 11.6 Å². The Bertz CT molecular complexity index is 200. The van der Waals surface area contributed by atoms with Gasteiger partial charge in [0.05, 0.1) is 5.66 Å². The fourth-order valence-electron chi connectivity index (χ4n) is 1.55. The normalized spacial score (nSPS) is 35.9. The van der Waals surface area contributed by atoms with Crippen LogP contribution in [0.5, 0.6) is 0 Å². The van der Waals surface area contributed by atoms with Gasteiger partial charge in [0.15, 0.2) is 0 Å². The molecule has 1 aliphatic carbocycles. The lowest BCUT2D eigenvalue weighted by molar-refractivity contribution is 0.329. The molecular weight excluding hydrogens is 201 g/mol. The third-order valence-electron chi connectivity index (χ3n) is 2.29. The number of rotatable bonds is 2. The van der Waals surface area contributed by atoms with E-state index in [2.05, 4.69) is 4.52 Å². The second kappa shape index (κ2) is 4.08. The van der Waals surface area contributed by atoms with Crippen molar-refractivity contribution in [2.75, 3.05) is 7.11 Å². The van der Waals surface area contributed by atoms with E-state index in [1.54, 1.807) is 0 Å². The molecule has 0 aliphatic heterocycles. The van der Waals surface area contributed by atoms with Crippen LogP contribution < -0.4 is 0 Å². The van der Waals surface area contributed by atoms with Gasteiger partial charge in [0.2, 0.25) is 0 Å². The largest absolute Gasteiger partial charge is 0.371 e. The first-order valence-corrected chi connectivity index (χ1v) is 6.09. The molecule has 1 rings (SSSR count). The molecule has 3 atom stereocenters. The lowest BCUT2D eigenvalue weighted by Crippen LogP contribution is -2.24. The van der Waals surface area contributed by atoms with Gasteiger partial charge in [-0.05, 0) is 12.8 Å². The maximum absolute atomic E-state index is 13.2. The van der Waals surface area contributed by atoms with Crippen molar-refractivity contribution in [1.82, 2.24) is 0 Å². The summed E-state index contributed by atoms with van der Waals surface area (Å²) in [6.07, 6.45) is 3.21. The van der Waals surface area contributed by atoms with Gasteiger partial charge in [0.1, 0.15) is 0 Å². The zero-order valence-electron chi connectivity index (χ0n) is 7.00. The van der Waals surface area contributed by atoms with Crippen LogP contribution in [0.15, 0.2) is 0 Å². The first-order chi connectivity index (χ1) is 5.58. The molecule has 0 aromatic heterocycles. The smallest absolute Gasteiger partial charge is 0.309 e. The van der Waals surface area contributed by atoms with Gasteiger partial charge in [-0.2, -0.15) is 4.20 Å². The average molecular weight is 215 g/mol. The highest BCUT2D eigenvalue weighted by molar-refractivity contribution is 7.54. The molecule has 1 saturated carbocycles. The van der Waals surface area contributed by atoms with Crippen LogP contribution in [0, 0.1) is 0 Å². The molecule has 0 aromatic carbocycles. The Hall–Kier alpha value is 0.410. The van der Waals surface area contributed by atoms with Crippen LogP contribution in [0.25, 0.3) is 0 Å². The summed E-state index contributed by atoms with van der Waals surface area (Å²) in [5.41, 5.74) is -0.585. The van der Waals surface area contributed by atoms with Gasteiger partial charge in [-0.15, -0.1) is 11.6 Å². The summed E-state index contributed by atoms with van der Waals surface area (Å²) in [5.74, 6) is 0. The Labute approximate surface area is 77.0 Å². The number of halogens is 2. The van der Waals surface area contributed by atoms with Crippen molar-refractivity contribution in [3.63, 3.8) is 0 Å². The average Bonchev–Trinajstić information content (AvgIpc) is 2.05. The molecule has 2 nitrogen and oxygen atoms in total. The van der Waals surface area contributed by atoms with E-state index in [0.29, 0.717) is 6.42 Å². The van der Waals surface area contributed by atoms with Crippen LogP contribution in [-0.4, -0.2) is 18.1 Å². The standard InChI is InChI=1S/C7H13ClFO2P/c1-11-12(9,10)7-5-3-2-4-6(7)8/h6-7H,2-5H2,1H3. The molecule has 0 bridgehead atoms. The van der Waals surface area contributed by atoms with Crippen LogP contribution in [0.4, 0.5) is 4.20 Å².